The first kappa shape index (κ1) is 20.4. The quantitative estimate of drug-likeness (QED) is 0.504. The molecule has 0 fully saturated rings. The molecule has 0 heterocycles. The predicted octanol–water partition coefficient (Wildman–Crippen LogP) is 5.75. The fourth-order valence-electron chi connectivity index (χ4n) is 1.34. The summed E-state index contributed by atoms with van der Waals surface area (Å²) < 4.78 is 77.3. The summed E-state index contributed by atoms with van der Waals surface area (Å²) in [5.74, 6) is -0.568. The molecule has 0 atom stereocenters. The molecule has 0 amide bonds. The summed E-state index contributed by atoms with van der Waals surface area (Å²) in [4.78, 5) is 0.324. The number of halogens is 6. The van der Waals surface area contributed by atoms with Crippen molar-refractivity contribution in [1.82, 2.24) is 0 Å². The maximum atomic E-state index is 11.7. The van der Waals surface area contributed by atoms with Gasteiger partial charge in [-0.15, -0.1) is 51.6 Å². The van der Waals surface area contributed by atoms with E-state index in [1.807, 2.05) is 0 Å². The summed E-state index contributed by atoms with van der Waals surface area (Å²) in [6, 6.07) is 11.3. The van der Waals surface area contributed by atoms with Crippen molar-refractivity contribution in [1.29, 1.82) is 0 Å². The van der Waals surface area contributed by atoms with Gasteiger partial charge in [0.15, 0.2) is 0 Å². The summed E-state index contributed by atoms with van der Waals surface area (Å²) >= 11 is 7.57. The lowest BCUT2D eigenvalue weighted by molar-refractivity contribution is -0.276. The van der Waals surface area contributed by atoms with Gasteiger partial charge in [-0.3, -0.25) is 0 Å². The normalized spacial score (nSPS) is 11.3. The van der Waals surface area contributed by atoms with Crippen LogP contribution in [0.15, 0.2) is 58.3 Å². The lowest BCUT2D eigenvalue weighted by Gasteiger charge is -2.09. The first-order chi connectivity index (χ1) is 11.0. The first-order valence-electron chi connectivity index (χ1n) is 6.05. The maximum Gasteiger partial charge on any atom is 0.573 e. The molecule has 0 aromatic heterocycles. The smallest absolute Gasteiger partial charge is 0.405 e. The average molecular weight is 388 g/mol. The van der Waals surface area contributed by atoms with Crippen molar-refractivity contribution < 1.29 is 35.8 Å². The van der Waals surface area contributed by atoms with E-state index in [0.717, 1.165) is 0 Å². The summed E-state index contributed by atoms with van der Waals surface area (Å²) in [7, 11) is 0. The standard InChI is InChI=1S/2C7H5F3OS/c2*8-7(9,10)11-5-3-1-2-4-6(5)12/h2*1-4,12H. The Morgan fingerprint density at radius 3 is 1.12 bits per heavy atom. The minimum Gasteiger partial charge on any atom is -0.405 e. The van der Waals surface area contributed by atoms with Crippen molar-refractivity contribution in [2.24, 2.45) is 0 Å². The summed E-state index contributed by atoms with van der Waals surface area (Å²) in [5, 5.41) is 0. The van der Waals surface area contributed by atoms with Gasteiger partial charge >= 0.3 is 12.7 Å². The molecule has 2 nitrogen and oxygen atoms in total. The van der Waals surface area contributed by atoms with E-state index in [1.165, 1.54) is 36.4 Å². The molecule has 0 aliphatic carbocycles. The number of alkyl halides is 6. The molecule has 0 saturated carbocycles. The van der Waals surface area contributed by atoms with E-state index in [4.69, 9.17) is 0 Å². The van der Waals surface area contributed by atoms with Crippen molar-refractivity contribution in [2.45, 2.75) is 22.5 Å². The average Bonchev–Trinajstić information content (AvgIpc) is 2.42. The second kappa shape index (κ2) is 8.43. The molecule has 0 aliphatic rings. The van der Waals surface area contributed by atoms with Gasteiger partial charge in [0.1, 0.15) is 11.5 Å². The van der Waals surface area contributed by atoms with Crippen LogP contribution in [0, 0.1) is 0 Å². The monoisotopic (exact) mass is 388 g/mol. The number of hydrogen-bond donors (Lipinski definition) is 2. The second-order valence-electron chi connectivity index (χ2n) is 4.03. The molecule has 2 aromatic carbocycles. The molecule has 0 radical (unpaired) electrons. The van der Waals surface area contributed by atoms with E-state index in [0.29, 0.717) is 0 Å². The van der Waals surface area contributed by atoms with E-state index in [1.54, 1.807) is 12.1 Å². The highest BCUT2D eigenvalue weighted by Gasteiger charge is 2.32. The van der Waals surface area contributed by atoms with Gasteiger partial charge < -0.3 is 9.47 Å². The van der Waals surface area contributed by atoms with E-state index < -0.39 is 12.7 Å². The van der Waals surface area contributed by atoms with Gasteiger partial charge in [-0.1, -0.05) is 24.3 Å². The van der Waals surface area contributed by atoms with Crippen LogP contribution in [0.4, 0.5) is 26.3 Å². The summed E-state index contributed by atoms with van der Waals surface area (Å²) in [6.45, 7) is 0. The van der Waals surface area contributed by atoms with E-state index in [-0.39, 0.29) is 21.3 Å². The van der Waals surface area contributed by atoms with Crippen LogP contribution >= 0.6 is 25.3 Å². The van der Waals surface area contributed by atoms with E-state index in [9.17, 15) is 26.3 Å². The number of hydrogen-bond acceptors (Lipinski definition) is 4. The zero-order valence-corrected chi connectivity index (χ0v) is 13.4. The first-order valence-corrected chi connectivity index (χ1v) is 6.95. The van der Waals surface area contributed by atoms with E-state index >= 15 is 0 Å². The van der Waals surface area contributed by atoms with Crippen LogP contribution in [0.2, 0.25) is 0 Å². The van der Waals surface area contributed by atoms with Crippen molar-refractivity contribution >= 4 is 25.3 Å². The molecule has 132 valence electrons. The van der Waals surface area contributed by atoms with E-state index in [2.05, 4.69) is 34.7 Å². The topological polar surface area (TPSA) is 18.5 Å². The van der Waals surface area contributed by atoms with Crippen LogP contribution in [0.5, 0.6) is 11.5 Å². The number of ether oxygens (including phenoxy) is 2. The fourth-order valence-corrected chi connectivity index (χ4v) is 1.75. The molecule has 2 aromatic rings. The highest BCUT2D eigenvalue weighted by Crippen LogP contribution is 2.28. The molecule has 0 spiro atoms. The van der Waals surface area contributed by atoms with Crippen molar-refractivity contribution in [2.75, 3.05) is 0 Å². The second-order valence-corrected chi connectivity index (χ2v) is 4.99. The van der Waals surface area contributed by atoms with Crippen LogP contribution in [0.25, 0.3) is 0 Å². The third-order valence-electron chi connectivity index (χ3n) is 2.18. The molecule has 0 bridgehead atoms. The Morgan fingerprint density at radius 2 is 0.875 bits per heavy atom. The zero-order valence-electron chi connectivity index (χ0n) is 11.6. The van der Waals surface area contributed by atoms with Gasteiger partial charge in [-0.2, -0.15) is 0 Å². The Bertz CT molecular complexity index is 601. The fraction of sp³-hybridized carbons (Fsp3) is 0.143. The number of benzene rings is 2. The molecule has 0 saturated heterocycles. The predicted molar refractivity (Wildman–Crippen MR) is 80.8 cm³/mol. The Labute approximate surface area is 144 Å². The number of rotatable bonds is 2. The number of thiol groups is 2. The van der Waals surface area contributed by atoms with Crippen LogP contribution in [-0.2, 0) is 0 Å². The van der Waals surface area contributed by atoms with Crippen LogP contribution in [0.3, 0.4) is 0 Å². The Hall–Kier alpha value is -1.68. The van der Waals surface area contributed by atoms with Crippen molar-refractivity contribution in [3.8, 4) is 11.5 Å². The van der Waals surface area contributed by atoms with Gasteiger partial charge in [0.25, 0.3) is 0 Å². The number of para-hydroxylation sites is 2. The summed E-state index contributed by atoms with van der Waals surface area (Å²) in [6.07, 6.45) is -9.31. The maximum absolute atomic E-state index is 11.7. The highest BCUT2D eigenvalue weighted by atomic mass is 32.1. The van der Waals surface area contributed by atoms with Crippen molar-refractivity contribution in [3.05, 3.63) is 48.5 Å². The third-order valence-corrected chi connectivity index (χ3v) is 2.92. The van der Waals surface area contributed by atoms with Gasteiger partial charge in [-0.05, 0) is 24.3 Å². The summed E-state index contributed by atoms with van der Waals surface area (Å²) in [5.41, 5.74) is 0. The SMILES string of the molecule is FC(F)(F)Oc1ccccc1S.FC(F)(F)Oc1ccccc1S. The van der Waals surface area contributed by atoms with Gasteiger partial charge in [0.05, 0.1) is 0 Å². The van der Waals surface area contributed by atoms with Crippen LogP contribution in [-0.4, -0.2) is 12.7 Å². The Kier molecular flexibility index (Phi) is 7.15. The molecule has 0 unspecified atom stereocenters. The largest absolute Gasteiger partial charge is 0.573 e. The molecular formula is C14H10F6O2S2. The van der Waals surface area contributed by atoms with Gasteiger partial charge in [0.2, 0.25) is 0 Å². The third kappa shape index (κ3) is 8.25. The molecular weight excluding hydrogens is 378 g/mol. The minimum atomic E-state index is -4.65. The van der Waals surface area contributed by atoms with Gasteiger partial charge in [0, 0.05) is 9.79 Å². The lowest BCUT2D eigenvalue weighted by atomic mass is 10.3. The zero-order chi connectivity index (χ0) is 18.4. The Morgan fingerprint density at radius 1 is 0.583 bits per heavy atom. The van der Waals surface area contributed by atoms with Crippen LogP contribution < -0.4 is 9.47 Å². The molecule has 24 heavy (non-hydrogen) atoms. The molecule has 10 heteroatoms. The van der Waals surface area contributed by atoms with Crippen LogP contribution in [0.1, 0.15) is 0 Å². The Balaban J connectivity index is 0.000000240. The lowest BCUT2D eigenvalue weighted by Crippen LogP contribution is -2.17. The molecule has 0 N–H and O–H groups in total. The highest BCUT2D eigenvalue weighted by molar-refractivity contribution is 7.80. The minimum absolute atomic E-state index is 0.162. The van der Waals surface area contributed by atoms with Crippen molar-refractivity contribution in [3.63, 3.8) is 0 Å². The molecule has 0 aliphatic heterocycles. The van der Waals surface area contributed by atoms with Gasteiger partial charge in [-0.25, -0.2) is 0 Å². The molecule has 2 rings (SSSR count).